The third-order valence-corrected chi connectivity index (χ3v) is 4.96. The van der Waals surface area contributed by atoms with E-state index in [1.807, 2.05) is 0 Å². The summed E-state index contributed by atoms with van der Waals surface area (Å²) in [7, 11) is 3.53. The molecule has 2 heterocycles. The summed E-state index contributed by atoms with van der Waals surface area (Å²) in [5, 5.41) is 3.05. The first-order chi connectivity index (χ1) is 11.1. The lowest BCUT2D eigenvalue weighted by Gasteiger charge is -2.38. The molecular formula is C18H27N3O2. The van der Waals surface area contributed by atoms with Gasteiger partial charge in [-0.2, -0.15) is 0 Å². The summed E-state index contributed by atoms with van der Waals surface area (Å²) in [5.41, 5.74) is 1.34. The second kappa shape index (κ2) is 6.89. The molecule has 2 saturated heterocycles. The van der Waals surface area contributed by atoms with Crippen molar-refractivity contribution in [3.63, 3.8) is 0 Å². The Kier molecular flexibility index (Phi) is 4.87. The Morgan fingerprint density at radius 3 is 2.65 bits per heavy atom. The van der Waals surface area contributed by atoms with Gasteiger partial charge in [0.25, 0.3) is 0 Å². The number of nitrogens with zero attached hydrogens (tertiary/aromatic N) is 2. The Morgan fingerprint density at radius 2 is 2.00 bits per heavy atom. The van der Waals surface area contributed by atoms with Crippen LogP contribution in [0.25, 0.3) is 0 Å². The van der Waals surface area contributed by atoms with Gasteiger partial charge in [0.05, 0.1) is 18.2 Å². The van der Waals surface area contributed by atoms with Crippen LogP contribution in [0, 0.1) is 0 Å². The monoisotopic (exact) mass is 317 g/mol. The third kappa shape index (κ3) is 4.03. The number of likely N-dealkylation sites (tertiary alicyclic amines) is 1. The van der Waals surface area contributed by atoms with Crippen molar-refractivity contribution in [3.8, 4) is 0 Å². The van der Waals surface area contributed by atoms with Gasteiger partial charge in [-0.15, -0.1) is 0 Å². The van der Waals surface area contributed by atoms with E-state index in [0.717, 1.165) is 38.9 Å². The zero-order chi connectivity index (χ0) is 16.3. The number of ether oxygens (including phenoxy) is 1. The molecular weight excluding hydrogens is 290 g/mol. The first-order valence-corrected chi connectivity index (χ1v) is 8.44. The number of urea groups is 1. The Labute approximate surface area is 138 Å². The highest BCUT2D eigenvalue weighted by Crippen LogP contribution is 2.36. The van der Waals surface area contributed by atoms with Crippen molar-refractivity contribution in [1.82, 2.24) is 15.1 Å². The number of rotatable bonds is 3. The minimum Gasteiger partial charge on any atom is -0.373 e. The lowest BCUT2D eigenvalue weighted by Crippen LogP contribution is -2.45. The molecule has 1 N–H and O–H groups in total. The molecule has 5 nitrogen and oxygen atoms in total. The first-order valence-electron chi connectivity index (χ1n) is 8.44. The van der Waals surface area contributed by atoms with Gasteiger partial charge in [-0.3, -0.25) is 4.90 Å². The number of hydrogen-bond acceptors (Lipinski definition) is 3. The average molecular weight is 317 g/mol. The molecule has 1 unspecified atom stereocenters. The Balaban J connectivity index is 1.48. The van der Waals surface area contributed by atoms with E-state index >= 15 is 0 Å². The van der Waals surface area contributed by atoms with Crippen molar-refractivity contribution >= 4 is 6.03 Å². The molecule has 1 aromatic carbocycles. The summed E-state index contributed by atoms with van der Waals surface area (Å²) in [4.78, 5) is 15.8. The summed E-state index contributed by atoms with van der Waals surface area (Å²) in [5.74, 6) is 0. The number of hydrogen-bond donors (Lipinski definition) is 1. The first kappa shape index (κ1) is 16.3. The van der Waals surface area contributed by atoms with Gasteiger partial charge < -0.3 is 15.0 Å². The van der Waals surface area contributed by atoms with E-state index in [1.165, 1.54) is 5.56 Å². The van der Waals surface area contributed by atoms with Gasteiger partial charge in [-0.05, 0) is 24.8 Å². The SMILES string of the molecule is CN(C)C(=O)NC1COC2(CCN(Cc3ccccc3)CC2)C1. The summed E-state index contributed by atoms with van der Waals surface area (Å²) >= 11 is 0. The van der Waals surface area contributed by atoms with Crippen LogP contribution in [0.15, 0.2) is 30.3 Å². The van der Waals surface area contributed by atoms with E-state index in [4.69, 9.17) is 4.74 Å². The average Bonchev–Trinajstić information content (AvgIpc) is 2.93. The summed E-state index contributed by atoms with van der Waals surface area (Å²) in [6.07, 6.45) is 3.04. The number of carbonyl (C=O) groups excluding carboxylic acids is 1. The summed E-state index contributed by atoms with van der Waals surface area (Å²) in [6, 6.07) is 10.7. The fraction of sp³-hybridized carbons (Fsp3) is 0.611. The van der Waals surface area contributed by atoms with Gasteiger partial charge >= 0.3 is 6.03 Å². The molecule has 1 atom stereocenters. The minimum atomic E-state index is -0.0304. The van der Waals surface area contributed by atoms with Crippen LogP contribution in [-0.2, 0) is 11.3 Å². The normalized spacial score (nSPS) is 23.8. The van der Waals surface area contributed by atoms with Crippen LogP contribution < -0.4 is 5.32 Å². The van der Waals surface area contributed by atoms with Crippen molar-refractivity contribution in [1.29, 1.82) is 0 Å². The molecule has 2 fully saturated rings. The maximum absolute atomic E-state index is 11.8. The molecule has 126 valence electrons. The molecule has 2 aliphatic rings. The van der Waals surface area contributed by atoms with Crippen molar-refractivity contribution in [2.45, 2.75) is 37.5 Å². The quantitative estimate of drug-likeness (QED) is 0.928. The lowest BCUT2D eigenvalue weighted by molar-refractivity contribution is -0.0449. The van der Waals surface area contributed by atoms with Crippen molar-refractivity contribution < 1.29 is 9.53 Å². The molecule has 0 radical (unpaired) electrons. The van der Waals surface area contributed by atoms with Crippen LogP contribution in [0.3, 0.4) is 0 Å². The Hall–Kier alpha value is -1.59. The predicted octanol–water partition coefficient (Wildman–Crippen LogP) is 2.08. The van der Waals surface area contributed by atoms with Crippen molar-refractivity contribution in [3.05, 3.63) is 35.9 Å². The second-order valence-electron chi connectivity index (χ2n) is 7.00. The van der Waals surface area contributed by atoms with E-state index in [0.29, 0.717) is 6.61 Å². The largest absolute Gasteiger partial charge is 0.373 e. The zero-order valence-corrected chi connectivity index (χ0v) is 14.1. The molecule has 23 heavy (non-hydrogen) atoms. The molecule has 0 aliphatic carbocycles. The number of piperidine rings is 1. The molecule has 2 aliphatic heterocycles. The van der Waals surface area contributed by atoms with Crippen molar-refractivity contribution in [2.75, 3.05) is 33.8 Å². The smallest absolute Gasteiger partial charge is 0.317 e. The Morgan fingerprint density at radius 1 is 1.30 bits per heavy atom. The second-order valence-corrected chi connectivity index (χ2v) is 7.00. The van der Waals surface area contributed by atoms with Gasteiger partial charge in [0.2, 0.25) is 0 Å². The van der Waals surface area contributed by atoms with Crippen LogP contribution in [0.1, 0.15) is 24.8 Å². The topological polar surface area (TPSA) is 44.8 Å². The van der Waals surface area contributed by atoms with E-state index < -0.39 is 0 Å². The highest BCUT2D eigenvalue weighted by Gasteiger charge is 2.43. The van der Waals surface area contributed by atoms with Crippen LogP contribution in [-0.4, -0.2) is 61.3 Å². The predicted molar refractivity (Wildman–Crippen MR) is 90.3 cm³/mol. The molecule has 1 aromatic rings. The fourth-order valence-electron chi connectivity index (χ4n) is 3.55. The van der Waals surface area contributed by atoms with E-state index in [1.54, 1.807) is 19.0 Å². The molecule has 0 aromatic heterocycles. The Bertz CT molecular complexity index is 524. The molecule has 5 heteroatoms. The number of amides is 2. The zero-order valence-electron chi connectivity index (χ0n) is 14.1. The maximum Gasteiger partial charge on any atom is 0.317 e. The highest BCUT2D eigenvalue weighted by molar-refractivity contribution is 5.73. The third-order valence-electron chi connectivity index (χ3n) is 4.96. The molecule has 0 saturated carbocycles. The summed E-state index contributed by atoms with van der Waals surface area (Å²) in [6.45, 7) is 3.77. The van der Waals surface area contributed by atoms with Crippen LogP contribution >= 0.6 is 0 Å². The maximum atomic E-state index is 11.8. The van der Waals surface area contributed by atoms with Crippen LogP contribution in [0.4, 0.5) is 4.79 Å². The highest BCUT2D eigenvalue weighted by atomic mass is 16.5. The summed E-state index contributed by atoms with van der Waals surface area (Å²) < 4.78 is 6.11. The minimum absolute atomic E-state index is 0.0303. The molecule has 0 bridgehead atoms. The van der Waals surface area contributed by atoms with Gasteiger partial charge in [0.1, 0.15) is 0 Å². The molecule has 3 rings (SSSR count). The number of nitrogens with one attached hydrogen (secondary N) is 1. The van der Waals surface area contributed by atoms with Gasteiger partial charge in [-0.1, -0.05) is 30.3 Å². The van der Waals surface area contributed by atoms with Gasteiger partial charge in [0, 0.05) is 33.7 Å². The molecule has 2 amide bonds. The number of carbonyl (C=O) groups is 1. The molecule has 1 spiro atoms. The van der Waals surface area contributed by atoms with Gasteiger partial charge in [0.15, 0.2) is 0 Å². The fourth-order valence-corrected chi connectivity index (χ4v) is 3.55. The van der Waals surface area contributed by atoms with E-state index in [2.05, 4.69) is 40.5 Å². The number of benzene rings is 1. The van der Waals surface area contributed by atoms with Gasteiger partial charge in [-0.25, -0.2) is 4.79 Å². The van der Waals surface area contributed by atoms with Crippen molar-refractivity contribution in [2.24, 2.45) is 0 Å². The standard InChI is InChI=1S/C18H27N3O2/c1-20(2)17(22)19-16-12-18(23-14-16)8-10-21(11-9-18)13-15-6-4-3-5-7-15/h3-7,16H,8-14H2,1-2H3,(H,19,22). The van der Waals surface area contributed by atoms with E-state index in [9.17, 15) is 4.79 Å². The lowest BCUT2D eigenvalue weighted by atomic mass is 9.87. The van der Waals surface area contributed by atoms with Crippen LogP contribution in [0.5, 0.6) is 0 Å². The van der Waals surface area contributed by atoms with E-state index in [-0.39, 0.29) is 17.7 Å². The van der Waals surface area contributed by atoms with Crippen LogP contribution in [0.2, 0.25) is 0 Å².